The van der Waals surface area contributed by atoms with Crippen molar-refractivity contribution in [3.05, 3.63) is 0 Å². The summed E-state index contributed by atoms with van der Waals surface area (Å²) in [6.07, 6.45) is 1.93. The van der Waals surface area contributed by atoms with Crippen LogP contribution >= 0.6 is 0 Å². The summed E-state index contributed by atoms with van der Waals surface area (Å²) in [4.78, 5) is 0. The minimum Gasteiger partial charge on any atom is -0.392 e. The Morgan fingerprint density at radius 2 is 2.12 bits per heavy atom. The van der Waals surface area contributed by atoms with Crippen LogP contribution in [0.2, 0.25) is 0 Å². The SMILES string of the molecule is OC1CC2C#CC1C2. The minimum atomic E-state index is -0.0961. The molecule has 1 nitrogen and oxygen atoms in total. The monoisotopic (exact) mass is 108 g/mol. The van der Waals surface area contributed by atoms with Crippen LogP contribution < -0.4 is 0 Å². The summed E-state index contributed by atoms with van der Waals surface area (Å²) >= 11 is 0. The molecule has 0 aromatic rings. The van der Waals surface area contributed by atoms with E-state index in [1.165, 1.54) is 0 Å². The molecule has 2 aliphatic carbocycles. The van der Waals surface area contributed by atoms with Gasteiger partial charge in [-0.1, -0.05) is 11.8 Å². The Bertz CT molecular complexity index is 163. The van der Waals surface area contributed by atoms with E-state index in [1.807, 2.05) is 0 Å². The Morgan fingerprint density at radius 1 is 1.25 bits per heavy atom. The summed E-state index contributed by atoms with van der Waals surface area (Å²) in [6, 6.07) is 0. The van der Waals surface area contributed by atoms with Crippen LogP contribution in [0, 0.1) is 23.7 Å². The predicted octanol–water partition coefficient (Wildman–Crippen LogP) is 0.390. The van der Waals surface area contributed by atoms with Gasteiger partial charge in [-0.15, -0.1) is 0 Å². The van der Waals surface area contributed by atoms with Crippen LogP contribution in [0.5, 0.6) is 0 Å². The van der Waals surface area contributed by atoms with E-state index in [0.29, 0.717) is 11.8 Å². The van der Waals surface area contributed by atoms with Crippen LogP contribution in [0.4, 0.5) is 0 Å². The second-order valence-corrected chi connectivity index (χ2v) is 2.63. The summed E-state index contributed by atoms with van der Waals surface area (Å²) in [5, 5.41) is 9.12. The van der Waals surface area contributed by atoms with Crippen molar-refractivity contribution < 1.29 is 5.11 Å². The molecule has 2 bridgehead atoms. The number of aliphatic hydroxyl groups is 1. The normalized spacial score (nSPS) is 48.9. The van der Waals surface area contributed by atoms with Gasteiger partial charge in [-0.2, -0.15) is 0 Å². The quantitative estimate of drug-likeness (QED) is 0.445. The molecular formula is C7H8O. The fourth-order valence-corrected chi connectivity index (χ4v) is 1.51. The summed E-state index contributed by atoms with van der Waals surface area (Å²) in [6.45, 7) is 0. The Kier molecular flexibility index (Phi) is 0.698. The highest BCUT2D eigenvalue weighted by atomic mass is 16.3. The number of hydrogen-bond donors (Lipinski definition) is 1. The maximum absolute atomic E-state index is 9.12. The standard InChI is InChI=1S/C7H8O/c8-7-4-5-1-2-6(7)3-5/h5-8H,3-4H2. The molecule has 42 valence electrons. The molecule has 1 heteroatoms. The number of aliphatic hydroxyl groups excluding tert-OH is 1. The molecule has 3 unspecified atom stereocenters. The molecule has 0 aromatic heterocycles. The molecule has 0 radical (unpaired) electrons. The van der Waals surface area contributed by atoms with Crippen LogP contribution in [-0.2, 0) is 0 Å². The molecule has 0 amide bonds. The van der Waals surface area contributed by atoms with Crippen molar-refractivity contribution in [2.75, 3.05) is 0 Å². The van der Waals surface area contributed by atoms with Gasteiger partial charge in [0, 0.05) is 11.8 Å². The van der Waals surface area contributed by atoms with Crippen molar-refractivity contribution in [2.45, 2.75) is 18.9 Å². The maximum atomic E-state index is 9.12. The van der Waals surface area contributed by atoms with Crippen molar-refractivity contribution in [3.8, 4) is 11.8 Å². The molecule has 0 heterocycles. The Balaban J connectivity index is 2.27. The van der Waals surface area contributed by atoms with Crippen LogP contribution in [0.25, 0.3) is 0 Å². The molecular weight excluding hydrogens is 100 g/mol. The molecule has 0 aliphatic heterocycles. The number of hydrogen-bond acceptors (Lipinski definition) is 1. The molecule has 1 saturated carbocycles. The summed E-state index contributed by atoms with van der Waals surface area (Å²) in [5.74, 6) is 6.95. The van der Waals surface area contributed by atoms with E-state index in [0.717, 1.165) is 12.8 Å². The van der Waals surface area contributed by atoms with Gasteiger partial charge in [-0.05, 0) is 12.8 Å². The largest absolute Gasteiger partial charge is 0.392 e. The van der Waals surface area contributed by atoms with E-state index in [4.69, 9.17) is 5.11 Å². The van der Waals surface area contributed by atoms with Gasteiger partial charge in [-0.3, -0.25) is 0 Å². The lowest BCUT2D eigenvalue weighted by Crippen LogP contribution is -2.11. The van der Waals surface area contributed by atoms with E-state index in [2.05, 4.69) is 11.8 Å². The molecule has 1 N–H and O–H groups in total. The lowest BCUT2D eigenvalue weighted by Gasteiger charge is -2.05. The van der Waals surface area contributed by atoms with Crippen molar-refractivity contribution >= 4 is 0 Å². The second-order valence-electron chi connectivity index (χ2n) is 2.63. The Hall–Kier alpha value is -0.480. The molecule has 3 atom stereocenters. The van der Waals surface area contributed by atoms with E-state index in [1.54, 1.807) is 0 Å². The fourth-order valence-electron chi connectivity index (χ4n) is 1.51. The lowest BCUT2D eigenvalue weighted by atomic mass is 10.1. The van der Waals surface area contributed by atoms with Gasteiger partial charge in [0.15, 0.2) is 0 Å². The zero-order valence-electron chi connectivity index (χ0n) is 4.59. The van der Waals surface area contributed by atoms with Crippen LogP contribution in [0.1, 0.15) is 12.8 Å². The zero-order valence-corrected chi connectivity index (χ0v) is 4.59. The molecule has 0 aromatic carbocycles. The number of fused-ring (bicyclic) bond motifs is 2. The van der Waals surface area contributed by atoms with E-state index in [9.17, 15) is 0 Å². The van der Waals surface area contributed by atoms with Crippen molar-refractivity contribution in [1.29, 1.82) is 0 Å². The molecule has 0 saturated heterocycles. The highest BCUT2D eigenvalue weighted by molar-refractivity contribution is 5.21. The Labute approximate surface area is 48.7 Å². The first-order valence-electron chi connectivity index (χ1n) is 3.05. The summed E-state index contributed by atoms with van der Waals surface area (Å²) in [7, 11) is 0. The minimum absolute atomic E-state index is 0.0961. The van der Waals surface area contributed by atoms with Gasteiger partial charge < -0.3 is 5.11 Å². The average Bonchev–Trinajstić information content (AvgIpc) is 2.23. The van der Waals surface area contributed by atoms with E-state index in [-0.39, 0.29) is 6.10 Å². The average molecular weight is 108 g/mol. The smallest absolute Gasteiger partial charge is 0.0689 e. The second kappa shape index (κ2) is 1.27. The third-order valence-corrected chi connectivity index (χ3v) is 2.00. The van der Waals surface area contributed by atoms with Crippen molar-refractivity contribution in [2.24, 2.45) is 11.8 Å². The van der Waals surface area contributed by atoms with Gasteiger partial charge in [0.05, 0.1) is 6.10 Å². The lowest BCUT2D eigenvalue weighted by molar-refractivity contribution is 0.153. The van der Waals surface area contributed by atoms with Gasteiger partial charge in [0.1, 0.15) is 0 Å². The highest BCUT2D eigenvalue weighted by Crippen LogP contribution is 2.34. The first-order valence-corrected chi connectivity index (χ1v) is 3.05. The van der Waals surface area contributed by atoms with E-state index < -0.39 is 0 Å². The van der Waals surface area contributed by atoms with Gasteiger partial charge >= 0.3 is 0 Å². The first-order chi connectivity index (χ1) is 3.86. The summed E-state index contributed by atoms with van der Waals surface area (Å²) in [5.41, 5.74) is 0. The van der Waals surface area contributed by atoms with Crippen LogP contribution in [0.15, 0.2) is 0 Å². The highest BCUT2D eigenvalue weighted by Gasteiger charge is 2.34. The molecule has 1 fully saturated rings. The van der Waals surface area contributed by atoms with Crippen LogP contribution in [-0.4, -0.2) is 11.2 Å². The molecule has 8 heavy (non-hydrogen) atoms. The van der Waals surface area contributed by atoms with Gasteiger partial charge in [-0.25, -0.2) is 0 Å². The van der Waals surface area contributed by atoms with Crippen molar-refractivity contribution in [3.63, 3.8) is 0 Å². The topological polar surface area (TPSA) is 20.2 Å². The predicted molar refractivity (Wildman–Crippen MR) is 30.0 cm³/mol. The third kappa shape index (κ3) is 0.413. The van der Waals surface area contributed by atoms with E-state index >= 15 is 0 Å². The Morgan fingerprint density at radius 3 is 2.38 bits per heavy atom. The molecule has 2 rings (SSSR count). The third-order valence-electron chi connectivity index (χ3n) is 2.00. The molecule has 2 aliphatic rings. The number of rotatable bonds is 0. The molecule has 0 spiro atoms. The van der Waals surface area contributed by atoms with Crippen LogP contribution in [0.3, 0.4) is 0 Å². The zero-order chi connectivity index (χ0) is 5.56. The maximum Gasteiger partial charge on any atom is 0.0689 e. The first kappa shape index (κ1) is 4.40. The summed E-state index contributed by atoms with van der Waals surface area (Å²) < 4.78 is 0. The fraction of sp³-hybridized carbons (Fsp3) is 0.714. The van der Waals surface area contributed by atoms with Gasteiger partial charge in [0.25, 0.3) is 0 Å². The van der Waals surface area contributed by atoms with Crippen molar-refractivity contribution in [1.82, 2.24) is 0 Å². The van der Waals surface area contributed by atoms with Gasteiger partial charge in [0.2, 0.25) is 0 Å².